The largest absolute Gasteiger partial charge is 0.336 e. The summed E-state index contributed by atoms with van der Waals surface area (Å²) >= 11 is 1.27. The summed E-state index contributed by atoms with van der Waals surface area (Å²) in [6.07, 6.45) is 0.876. The van der Waals surface area contributed by atoms with Crippen molar-refractivity contribution >= 4 is 28.1 Å². The number of likely N-dealkylation sites (N-methyl/N-ethyl adjacent to an activating group) is 1. The maximum Gasteiger partial charge on any atom is 0.274 e. The molecule has 33 heavy (non-hydrogen) atoms. The lowest BCUT2D eigenvalue weighted by Gasteiger charge is -2.20. The van der Waals surface area contributed by atoms with E-state index in [1.807, 2.05) is 39.2 Å². The molecule has 2 aromatic heterocycles. The molecule has 1 fully saturated rings. The molecule has 0 radical (unpaired) electrons. The lowest BCUT2D eigenvalue weighted by atomic mass is 10.1. The summed E-state index contributed by atoms with van der Waals surface area (Å²) in [5, 5.41) is 8.94. The summed E-state index contributed by atoms with van der Waals surface area (Å²) in [6.45, 7) is 3.20. The minimum absolute atomic E-state index is 0.207. The molecule has 0 aliphatic carbocycles. The third-order valence-corrected chi connectivity index (χ3v) is 7.31. The highest BCUT2D eigenvalue weighted by atomic mass is 32.1. The Labute approximate surface area is 193 Å². The van der Waals surface area contributed by atoms with Crippen molar-refractivity contribution < 1.29 is 13.6 Å². The van der Waals surface area contributed by atoms with E-state index in [1.54, 1.807) is 4.90 Å². The molecular weight excluding hydrogens is 444 g/mol. The third kappa shape index (κ3) is 3.81. The minimum atomic E-state index is -0.961. The first-order valence-electron chi connectivity index (χ1n) is 10.7. The lowest BCUT2D eigenvalue weighted by Crippen LogP contribution is -2.34. The highest BCUT2D eigenvalue weighted by Crippen LogP contribution is 2.39. The van der Waals surface area contributed by atoms with E-state index in [0.29, 0.717) is 34.2 Å². The molecule has 1 aliphatic heterocycles. The number of aromatic amines is 1. The summed E-state index contributed by atoms with van der Waals surface area (Å²) in [4.78, 5) is 22.6. The number of fused-ring (bicyclic) bond motifs is 1. The highest BCUT2D eigenvalue weighted by Gasteiger charge is 2.32. The monoisotopic (exact) mass is 467 g/mol. The van der Waals surface area contributed by atoms with Gasteiger partial charge in [0.15, 0.2) is 11.6 Å². The first-order chi connectivity index (χ1) is 15.8. The minimum Gasteiger partial charge on any atom is -0.336 e. The molecule has 9 heteroatoms. The summed E-state index contributed by atoms with van der Waals surface area (Å²) in [5.74, 6) is -2.10. The summed E-state index contributed by atoms with van der Waals surface area (Å²) in [7, 11) is 4.00. The van der Waals surface area contributed by atoms with Gasteiger partial charge in [-0.15, -0.1) is 11.3 Å². The number of hydrogen-bond donors (Lipinski definition) is 1. The summed E-state index contributed by atoms with van der Waals surface area (Å²) in [6, 6.07) is 9.82. The summed E-state index contributed by atoms with van der Waals surface area (Å²) < 4.78 is 27.7. The zero-order valence-corrected chi connectivity index (χ0v) is 19.3. The number of rotatable bonds is 4. The number of benzene rings is 2. The van der Waals surface area contributed by atoms with Crippen LogP contribution in [0, 0.1) is 18.6 Å². The van der Waals surface area contributed by atoms with Gasteiger partial charge < -0.3 is 9.80 Å². The Kier molecular flexibility index (Phi) is 5.46. The molecule has 1 atom stereocenters. The van der Waals surface area contributed by atoms with Crippen LogP contribution in [0.2, 0.25) is 0 Å². The van der Waals surface area contributed by atoms with Crippen molar-refractivity contribution in [1.82, 2.24) is 25.0 Å². The fourth-order valence-electron chi connectivity index (χ4n) is 4.25. The second-order valence-electron chi connectivity index (χ2n) is 8.55. The van der Waals surface area contributed by atoms with Crippen molar-refractivity contribution in [3.05, 3.63) is 59.3 Å². The predicted octanol–water partition coefficient (Wildman–Crippen LogP) is 4.72. The van der Waals surface area contributed by atoms with E-state index < -0.39 is 11.6 Å². The molecule has 1 N–H and O–H groups in total. The number of hydrogen-bond acceptors (Lipinski definition) is 5. The van der Waals surface area contributed by atoms with Crippen molar-refractivity contribution in [2.45, 2.75) is 19.4 Å². The number of aromatic nitrogens is 3. The first kappa shape index (κ1) is 21.7. The molecule has 4 aromatic rings. The van der Waals surface area contributed by atoms with E-state index in [-0.39, 0.29) is 17.6 Å². The van der Waals surface area contributed by atoms with Gasteiger partial charge in [-0.3, -0.25) is 9.89 Å². The number of carbonyl (C=O) groups is 1. The van der Waals surface area contributed by atoms with Crippen LogP contribution in [0.25, 0.3) is 32.0 Å². The Balaban J connectivity index is 1.62. The molecular formula is C24H23F2N5OS. The predicted molar refractivity (Wildman–Crippen MR) is 125 cm³/mol. The summed E-state index contributed by atoms with van der Waals surface area (Å²) in [5.41, 5.74) is 3.23. The van der Waals surface area contributed by atoms with Crippen LogP contribution < -0.4 is 0 Å². The average Bonchev–Trinajstić information content (AvgIpc) is 3.53. The molecule has 0 spiro atoms. The molecule has 1 amide bonds. The van der Waals surface area contributed by atoms with Crippen molar-refractivity contribution in [3.63, 3.8) is 0 Å². The molecule has 170 valence electrons. The molecule has 1 aliphatic rings. The van der Waals surface area contributed by atoms with Gasteiger partial charge in [0.1, 0.15) is 16.4 Å². The average molecular weight is 468 g/mol. The Hall–Kier alpha value is -3.17. The molecule has 3 heterocycles. The van der Waals surface area contributed by atoms with Gasteiger partial charge in [-0.2, -0.15) is 5.10 Å². The van der Waals surface area contributed by atoms with E-state index in [9.17, 15) is 13.6 Å². The van der Waals surface area contributed by atoms with Crippen molar-refractivity contribution in [1.29, 1.82) is 0 Å². The number of aryl methyl sites for hydroxylation is 1. The van der Waals surface area contributed by atoms with E-state index >= 15 is 0 Å². The second kappa shape index (κ2) is 8.31. The first-order valence-corrected chi connectivity index (χ1v) is 11.5. The van der Waals surface area contributed by atoms with Crippen molar-refractivity contribution in [2.75, 3.05) is 27.2 Å². The quantitative estimate of drug-likeness (QED) is 0.472. The van der Waals surface area contributed by atoms with Crippen molar-refractivity contribution in [3.8, 4) is 21.1 Å². The Bertz CT molecular complexity index is 1360. The van der Waals surface area contributed by atoms with Crippen LogP contribution in [0.4, 0.5) is 8.78 Å². The number of nitrogens with zero attached hydrogens (tertiary/aromatic N) is 4. The van der Waals surface area contributed by atoms with Gasteiger partial charge in [0.25, 0.3) is 5.91 Å². The SMILES string of the molecule is Cc1cccc2c(-c3nc(C(=O)N4CCC(N(C)C)C4)c(-c4ccc(F)c(F)c4)s3)[nH]nc12. The van der Waals surface area contributed by atoms with E-state index in [0.717, 1.165) is 35.0 Å². The normalized spacial score (nSPS) is 16.3. The van der Waals surface area contributed by atoms with E-state index in [2.05, 4.69) is 15.1 Å². The molecule has 2 aromatic carbocycles. The number of thiazole rings is 1. The third-order valence-electron chi connectivity index (χ3n) is 6.19. The standard InChI is InChI=1S/C24H23F2N5OS/c1-13-5-4-6-16-19(13)28-29-20(16)23-27-21(24(32)31-10-9-15(12-31)30(2)3)22(33-23)14-7-8-17(25)18(26)11-14/h4-8,11,15H,9-10,12H2,1-3H3,(H,28,29). The molecule has 0 bridgehead atoms. The van der Waals surface area contributed by atoms with Crippen LogP contribution in [0.1, 0.15) is 22.5 Å². The Morgan fingerprint density at radius 3 is 2.76 bits per heavy atom. The van der Waals surface area contributed by atoms with E-state index in [4.69, 9.17) is 4.98 Å². The number of halogens is 2. The number of likely N-dealkylation sites (tertiary alicyclic amines) is 1. The molecule has 1 saturated heterocycles. The fourth-order valence-corrected chi connectivity index (χ4v) is 5.31. The number of nitrogens with one attached hydrogen (secondary N) is 1. The van der Waals surface area contributed by atoms with Crippen LogP contribution >= 0.6 is 11.3 Å². The van der Waals surface area contributed by atoms with E-state index in [1.165, 1.54) is 17.4 Å². The van der Waals surface area contributed by atoms with Crippen LogP contribution in [0.15, 0.2) is 36.4 Å². The smallest absolute Gasteiger partial charge is 0.274 e. The number of amides is 1. The van der Waals surface area contributed by atoms with Gasteiger partial charge in [-0.1, -0.05) is 24.3 Å². The zero-order chi connectivity index (χ0) is 23.3. The molecule has 1 unspecified atom stereocenters. The Morgan fingerprint density at radius 1 is 1.21 bits per heavy atom. The number of para-hydroxylation sites is 1. The van der Waals surface area contributed by atoms with Gasteiger partial charge in [0.05, 0.1) is 10.4 Å². The van der Waals surface area contributed by atoms with Gasteiger partial charge >= 0.3 is 0 Å². The van der Waals surface area contributed by atoms with Crippen LogP contribution in [-0.2, 0) is 0 Å². The number of H-pyrrole nitrogens is 1. The molecule has 0 saturated carbocycles. The van der Waals surface area contributed by atoms with Gasteiger partial charge in [-0.05, 0) is 50.7 Å². The maximum absolute atomic E-state index is 14.1. The lowest BCUT2D eigenvalue weighted by molar-refractivity contribution is 0.0779. The van der Waals surface area contributed by atoms with Crippen LogP contribution in [0.5, 0.6) is 0 Å². The van der Waals surface area contributed by atoms with Gasteiger partial charge in [-0.25, -0.2) is 13.8 Å². The van der Waals surface area contributed by atoms with Gasteiger partial charge in [0, 0.05) is 24.5 Å². The van der Waals surface area contributed by atoms with Gasteiger partial charge in [0.2, 0.25) is 0 Å². The van der Waals surface area contributed by atoms with Crippen LogP contribution in [0.3, 0.4) is 0 Å². The fraction of sp³-hybridized carbons (Fsp3) is 0.292. The Morgan fingerprint density at radius 2 is 2.03 bits per heavy atom. The highest BCUT2D eigenvalue weighted by molar-refractivity contribution is 7.18. The van der Waals surface area contributed by atoms with Crippen LogP contribution in [-0.4, -0.2) is 64.1 Å². The molecule has 5 rings (SSSR count). The molecule has 6 nitrogen and oxygen atoms in total. The maximum atomic E-state index is 14.1. The topological polar surface area (TPSA) is 65.1 Å². The van der Waals surface area contributed by atoms with Crippen molar-refractivity contribution in [2.24, 2.45) is 0 Å². The zero-order valence-electron chi connectivity index (χ0n) is 18.5. The number of carbonyl (C=O) groups excluding carboxylic acids is 1. The second-order valence-corrected chi connectivity index (χ2v) is 9.55.